The third-order valence-electron chi connectivity index (χ3n) is 2.65. The smallest absolute Gasteiger partial charge is 0.204 e. The van der Waals surface area contributed by atoms with Gasteiger partial charge >= 0.3 is 0 Å². The maximum atomic E-state index is 13.5. The van der Waals surface area contributed by atoms with Crippen molar-refractivity contribution in [2.24, 2.45) is 0 Å². The Bertz CT molecular complexity index is 373. The summed E-state index contributed by atoms with van der Waals surface area (Å²) in [7, 11) is 0. The molecule has 0 unspecified atom stereocenters. The van der Waals surface area contributed by atoms with E-state index < -0.39 is 11.6 Å². The van der Waals surface area contributed by atoms with Gasteiger partial charge in [0.15, 0.2) is 11.5 Å². The number of ether oxygens (including phenoxy) is 2. The fourth-order valence-electron chi connectivity index (χ4n) is 1.43. The second-order valence-corrected chi connectivity index (χ2v) is 4.32. The van der Waals surface area contributed by atoms with Crippen LogP contribution in [0.1, 0.15) is 25.7 Å². The van der Waals surface area contributed by atoms with Crippen molar-refractivity contribution in [3.63, 3.8) is 0 Å². The van der Waals surface area contributed by atoms with Gasteiger partial charge < -0.3 is 9.47 Å². The lowest BCUT2D eigenvalue weighted by atomic mass is 10.3. The average molecular weight is 226 g/mol. The Labute approximate surface area is 92.2 Å². The number of hydrogen-bond donors (Lipinski definition) is 0. The highest BCUT2D eigenvalue weighted by molar-refractivity contribution is 5.35. The van der Waals surface area contributed by atoms with Gasteiger partial charge in [0.05, 0.1) is 12.2 Å². The largest absolute Gasteiger partial charge is 0.487 e. The third-order valence-corrected chi connectivity index (χ3v) is 2.65. The molecule has 1 aromatic rings. The standard InChI is InChI=1S/C12H12F2O2/c13-11-9(15-7-1-2-7)5-6-10(12(11)14)16-8-3-4-8/h5-8H,1-4H2. The van der Waals surface area contributed by atoms with Crippen molar-refractivity contribution < 1.29 is 18.3 Å². The van der Waals surface area contributed by atoms with E-state index in [1.54, 1.807) is 0 Å². The first-order valence-electron chi connectivity index (χ1n) is 5.55. The van der Waals surface area contributed by atoms with Crippen LogP contribution in [0.2, 0.25) is 0 Å². The van der Waals surface area contributed by atoms with Crippen molar-refractivity contribution in [2.75, 3.05) is 0 Å². The molecule has 0 radical (unpaired) electrons. The fourth-order valence-corrected chi connectivity index (χ4v) is 1.43. The van der Waals surface area contributed by atoms with Gasteiger partial charge in [-0.15, -0.1) is 0 Å². The van der Waals surface area contributed by atoms with E-state index in [1.807, 2.05) is 0 Å². The minimum absolute atomic E-state index is 0.0110. The first-order chi connectivity index (χ1) is 7.74. The van der Waals surface area contributed by atoms with E-state index in [1.165, 1.54) is 12.1 Å². The molecule has 0 spiro atoms. The van der Waals surface area contributed by atoms with E-state index in [4.69, 9.17) is 9.47 Å². The quantitative estimate of drug-likeness (QED) is 0.785. The SMILES string of the molecule is Fc1c(OC2CC2)ccc(OC2CC2)c1F. The summed E-state index contributed by atoms with van der Waals surface area (Å²) in [6.45, 7) is 0. The first kappa shape index (κ1) is 9.87. The number of benzene rings is 1. The molecule has 0 bridgehead atoms. The van der Waals surface area contributed by atoms with E-state index in [-0.39, 0.29) is 23.7 Å². The van der Waals surface area contributed by atoms with Gasteiger partial charge in [0, 0.05) is 0 Å². The molecule has 2 nitrogen and oxygen atoms in total. The van der Waals surface area contributed by atoms with Crippen LogP contribution < -0.4 is 9.47 Å². The molecular formula is C12H12F2O2. The summed E-state index contributed by atoms with van der Waals surface area (Å²) in [5.41, 5.74) is 0. The van der Waals surface area contributed by atoms with Crippen LogP contribution in [-0.2, 0) is 0 Å². The average Bonchev–Trinajstić information content (AvgIpc) is 3.12. The normalized spacial score (nSPS) is 19.6. The maximum Gasteiger partial charge on any atom is 0.204 e. The Balaban J connectivity index is 1.81. The Hall–Kier alpha value is -1.32. The van der Waals surface area contributed by atoms with Crippen LogP contribution in [0.4, 0.5) is 8.78 Å². The molecule has 2 saturated carbocycles. The third kappa shape index (κ3) is 1.96. The lowest BCUT2D eigenvalue weighted by Crippen LogP contribution is -2.03. The summed E-state index contributed by atoms with van der Waals surface area (Å²) in [5.74, 6) is -1.90. The molecule has 0 aromatic heterocycles. The zero-order chi connectivity index (χ0) is 11.1. The fraction of sp³-hybridized carbons (Fsp3) is 0.500. The monoisotopic (exact) mass is 226 g/mol. The molecule has 0 atom stereocenters. The maximum absolute atomic E-state index is 13.5. The van der Waals surface area contributed by atoms with Gasteiger partial charge in [-0.05, 0) is 37.8 Å². The van der Waals surface area contributed by atoms with Gasteiger partial charge in [-0.2, -0.15) is 8.78 Å². The molecule has 0 amide bonds. The van der Waals surface area contributed by atoms with E-state index in [2.05, 4.69) is 0 Å². The lowest BCUT2D eigenvalue weighted by Gasteiger charge is -2.10. The number of hydrogen-bond acceptors (Lipinski definition) is 2. The van der Waals surface area contributed by atoms with Crippen molar-refractivity contribution in [3.05, 3.63) is 23.8 Å². The summed E-state index contributed by atoms with van der Waals surface area (Å²) >= 11 is 0. The molecule has 0 N–H and O–H groups in total. The zero-order valence-electron chi connectivity index (χ0n) is 8.71. The Kier molecular flexibility index (Phi) is 2.23. The van der Waals surface area contributed by atoms with E-state index in [0.29, 0.717) is 0 Å². The minimum atomic E-state index is -0.940. The predicted molar refractivity (Wildman–Crippen MR) is 53.7 cm³/mol. The summed E-state index contributed by atoms with van der Waals surface area (Å²) in [6.07, 6.45) is 3.79. The van der Waals surface area contributed by atoms with Crippen LogP contribution >= 0.6 is 0 Å². The van der Waals surface area contributed by atoms with Gasteiger partial charge in [0.2, 0.25) is 11.6 Å². The second-order valence-electron chi connectivity index (χ2n) is 4.32. The molecular weight excluding hydrogens is 214 g/mol. The van der Waals surface area contributed by atoms with Crippen LogP contribution in [-0.4, -0.2) is 12.2 Å². The van der Waals surface area contributed by atoms with Crippen molar-refractivity contribution in [1.82, 2.24) is 0 Å². The summed E-state index contributed by atoms with van der Waals surface area (Å²) < 4.78 is 37.6. The lowest BCUT2D eigenvalue weighted by molar-refractivity contribution is 0.262. The molecule has 2 fully saturated rings. The van der Waals surface area contributed by atoms with Gasteiger partial charge in [0.1, 0.15) is 0 Å². The molecule has 2 aliphatic rings. The highest BCUT2D eigenvalue weighted by Gasteiger charge is 2.28. The van der Waals surface area contributed by atoms with Gasteiger partial charge in [-0.25, -0.2) is 0 Å². The molecule has 0 heterocycles. The number of rotatable bonds is 4. The highest BCUT2D eigenvalue weighted by atomic mass is 19.2. The van der Waals surface area contributed by atoms with E-state index in [9.17, 15) is 8.78 Å². The molecule has 1 aromatic carbocycles. The molecule has 0 aliphatic heterocycles. The van der Waals surface area contributed by atoms with Crippen molar-refractivity contribution in [3.8, 4) is 11.5 Å². The van der Waals surface area contributed by atoms with E-state index in [0.717, 1.165) is 25.7 Å². The topological polar surface area (TPSA) is 18.5 Å². The number of halogens is 2. The Morgan fingerprint density at radius 1 is 0.812 bits per heavy atom. The molecule has 3 rings (SSSR count). The Morgan fingerprint density at radius 3 is 1.50 bits per heavy atom. The van der Waals surface area contributed by atoms with Gasteiger partial charge in [-0.1, -0.05) is 0 Å². The molecule has 16 heavy (non-hydrogen) atoms. The van der Waals surface area contributed by atoms with E-state index >= 15 is 0 Å². The molecule has 4 heteroatoms. The van der Waals surface area contributed by atoms with Crippen LogP contribution in [0.25, 0.3) is 0 Å². The second kappa shape index (κ2) is 3.61. The van der Waals surface area contributed by atoms with Gasteiger partial charge in [-0.3, -0.25) is 0 Å². The first-order valence-corrected chi connectivity index (χ1v) is 5.55. The van der Waals surface area contributed by atoms with Gasteiger partial charge in [0.25, 0.3) is 0 Å². The van der Waals surface area contributed by atoms with Crippen molar-refractivity contribution >= 4 is 0 Å². The van der Waals surface area contributed by atoms with Crippen LogP contribution in [0.15, 0.2) is 12.1 Å². The summed E-state index contributed by atoms with van der Waals surface area (Å²) in [4.78, 5) is 0. The zero-order valence-corrected chi connectivity index (χ0v) is 8.71. The van der Waals surface area contributed by atoms with Crippen molar-refractivity contribution in [1.29, 1.82) is 0 Å². The summed E-state index contributed by atoms with van der Waals surface area (Å²) in [6, 6.07) is 2.88. The highest BCUT2D eigenvalue weighted by Crippen LogP contribution is 2.35. The minimum Gasteiger partial charge on any atom is -0.487 e. The van der Waals surface area contributed by atoms with Crippen LogP contribution in [0.5, 0.6) is 11.5 Å². The molecule has 86 valence electrons. The molecule has 0 saturated heterocycles. The molecule has 2 aliphatic carbocycles. The predicted octanol–water partition coefficient (Wildman–Crippen LogP) is 3.05. The van der Waals surface area contributed by atoms with Crippen molar-refractivity contribution in [2.45, 2.75) is 37.9 Å². The van der Waals surface area contributed by atoms with Crippen LogP contribution in [0.3, 0.4) is 0 Å². The Morgan fingerprint density at radius 2 is 1.19 bits per heavy atom. The van der Waals surface area contributed by atoms with Crippen LogP contribution in [0, 0.1) is 11.6 Å². The summed E-state index contributed by atoms with van der Waals surface area (Å²) in [5, 5.41) is 0.